The summed E-state index contributed by atoms with van der Waals surface area (Å²) in [5, 5.41) is 0. The normalized spacial score (nSPS) is 10.8. The molecule has 0 saturated heterocycles. The number of nitrogens with two attached hydrogens (primary N) is 1. The second-order valence-electron chi connectivity index (χ2n) is 1.31. The molecule has 0 aromatic carbocycles. The van der Waals surface area contributed by atoms with Crippen LogP contribution in [0.1, 0.15) is 0 Å². The van der Waals surface area contributed by atoms with Crippen LogP contribution in [0.15, 0.2) is 29.4 Å². The third-order valence-corrected chi connectivity index (χ3v) is 0.692. The van der Waals surface area contributed by atoms with Crippen molar-refractivity contribution < 1.29 is 0 Å². The van der Waals surface area contributed by atoms with Crippen molar-refractivity contribution in [2.75, 3.05) is 6.54 Å². The summed E-state index contributed by atoms with van der Waals surface area (Å²) >= 11 is 0. The zero-order chi connectivity index (χ0) is 6.41. The summed E-state index contributed by atoms with van der Waals surface area (Å²) in [7, 11) is 0. The Morgan fingerprint density at radius 2 is 2.38 bits per heavy atom. The molecule has 0 aromatic heterocycles. The summed E-state index contributed by atoms with van der Waals surface area (Å²) in [6, 6.07) is 0. The van der Waals surface area contributed by atoms with E-state index in [1.807, 2.05) is 0 Å². The van der Waals surface area contributed by atoms with Crippen LogP contribution in [-0.4, -0.2) is 13.3 Å². The fraction of sp³-hybridized carbons (Fsp3) is 0.167. The minimum Gasteiger partial charge on any atom is -0.399 e. The van der Waals surface area contributed by atoms with Crippen LogP contribution in [0.25, 0.3) is 0 Å². The summed E-state index contributed by atoms with van der Waals surface area (Å²) < 4.78 is 0. The molecule has 2 nitrogen and oxygen atoms in total. The molecule has 0 aromatic rings. The average molecular weight is 110 g/mol. The molecular weight excluding hydrogens is 100 g/mol. The Bertz CT molecular complexity index is 114. The van der Waals surface area contributed by atoms with Crippen LogP contribution in [0, 0.1) is 0 Å². The lowest BCUT2D eigenvalue weighted by Crippen LogP contribution is -1.92. The molecule has 0 amide bonds. The van der Waals surface area contributed by atoms with Crippen molar-refractivity contribution in [1.82, 2.24) is 0 Å². The molecule has 2 N–H and O–H groups in total. The van der Waals surface area contributed by atoms with Gasteiger partial charge in [0.1, 0.15) is 0 Å². The number of nitrogens with zero attached hydrogens (tertiary/aromatic N) is 1. The molecular formula is C6H10N2. The van der Waals surface area contributed by atoms with Crippen LogP contribution in [0.5, 0.6) is 0 Å². The first-order valence-electron chi connectivity index (χ1n) is 2.31. The van der Waals surface area contributed by atoms with E-state index in [0.717, 1.165) is 0 Å². The highest BCUT2D eigenvalue weighted by atomic mass is 14.7. The maximum Gasteiger partial charge on any atom is 0.0585 e. The second-order valence-corrected chi connectivity index (χ2v) is 1.31. The summed E-state index contributed by atoms with van der Waals surface area (Å²) in [5.74, 6) is 0. The minimum absolute atomic E-state index is 0.567. The summed E-state index contributed by atoms with van der Waals surface area (Å²) in [4.78, 5) is 3.57. The zero-order valence-electron chi connectivity index (χ0n) is 4.80. The Morgan fingerprint density at radius 1 is 1.75 bits per heavy atom. The highest BCUT2D eigenvalue weighted by Crippen LogP contribution is 1.82. The molecule has 0 atom stereocenters. The molecule has 44 valence electrons. The van der Waals surface area contributed by atoms with Crippen molar-refractivity contribution in [3.05, 3.63) is 24.4 Å². The number of rotatable bonds is 3. The molecule has 0 spiro atoms. The number of hydrogen-bond acceptors (Lipinski definition) is 2. The predicted molar refractivity (Wildman–Crippen MR) is 36.9 cm³/mol. The summed E-state index contributed by atoms with van der Waals surface area (Å²) in [5.41, 5.74) is 5.96. The molecule has 0 aliphatic rings. The SMILES string of the molecule is C=C/C(N)=C\CN=C. The van der Waals surface area contributed by atoms with E-state index in [1.165, 1.54) is 0 Å². The first-order chi connectivity index (χ1) is 3.81. The van der Waals surface area contributed by atoms with Gasteiger partial charge in [-0.2, -0.15) is 0 Å². The van der Waals surface area contributed by atoms with Crippen LogP contribution in [0.2, 0.25) is 0 Å². The van der Waals surface area contributed by atoms with Gasteiger partial charge < -0.3 is 5.73 Å². The fourth-order valence-electron chi connectivity index (χ4n) is 0.253. The Balaban J connectivity index is 3.56. The third-order valence-electron chi connectivity index (χ3n) is 0.692. The van der Waals surface area contributed by atoms with Crippen molar-refractivity contribution in [3.8, 4) is 0 Å². The third kappa shape index (κ3) is 3.15. The van der Waals surface area contributed by atoms with Crippen molar-refractivity contribution in [3.63, 3.8) is 0 Å². The van der Waals surface area contributed by atoms with E-state index in [1.54, 1.807) is 12.2 Å². The highest BCUT2D eigenvalue weighted by molar-refractivity contribution is 5.24. The van der Waals surface area contributed by atoms with Crippen LogP contribution >= 0.6 is 0 Å². The van der Waals surface area contributed by atoms with E-state index < -0.39 is 0 Å². The van der Waals surface area contributed by atoms with Gasteiger partial charge in [0.15, 0.2) is 0 Å². The van der Waals surface area contributed by atoms with Gasteiger partial charge in [-0.15, -0.1) is 0 Å². The van der Waals surface area contributed by atoms with Crippen LogP contribution < -0.4 is 5.73 Å². The largest absolute Gasteiger partial charge is 0.399 e. The van der Waals surface area contributed by atoms with E-state index in [2.05, 4.69) is 18.3 Å². The van der Waals surface area contributed by atoms with Gasteiger partial charge in [-0.25, -0.2) is 0 Å². The number of hydrogen-bond donors (Lipinski definition) is 1. The van der Waals surface area contributed by atoms with Gasteiger partial charge >= 0.3 is 0 Å². The number of allylic oxidation sites excluding steroid dienone is 1. The van der Waals surface area contributed by atoms with Gasteiger partial charge in [0, 0.05) is 5.70 Å². The lowest BCUT2D eigenvalue weighted by Gasteiger charge is -1.85. The molecule has 0 fully saturated rings. The van der Waals surface area contributed by atoms with E-state index >= 15 is 0 Å². The molecule has 0 heterocycles. The lowest BCUT2D eigenvalue weighted by molar-refractivity contribution is 1.23. The molecule has 2 heteroatoms. The van der Waals surface area contributed by atoms with Gasteiger partial charge in [0.05, 0.1) is 6.54 Å². The van der Waals surface area contributed by atoms with Crippen molar-refractivity contribution in [1.29, 1.82) is 0 Å². The molecule has 0 radical (unpaired) electrons. The van der Waals surface area contributed by atoms with Crippen molar-refractivity contribution >= 4 is 6.72 Å². The molecule has 0 rings (SSSR count). The van der Waals surface area contributed by atoms with Crippen LogP contribution in [0.3, 0.4) is 0 Å². The number of aliphatic imine (C=N–C) groups is 1. The van der Waals surface area contributed by atoms with Gasteiger partial charge in [-0.05, 0) is 18.9 Å². The fourth-order valence-corrected chi connectivity index (χ4v) is 0.253. The van der Waals surface area contributed by atoms with Gasteiger partial charge in [0.2, 0.25) is 0 Å². The lowest BCUT2D eigenvalue weighted by atomic mass is 10.4. The molecule has 0 aliphatic carbocycles. The Hall–Kier alpha value is -1.05. The Labute approximate surface area is 49.4 Å². The Morgan fingerprint density at radius 3 is 2.75 bits per heavy atom. The Kier molecular flexibility index (Phi) is 3.58. The molecule has 8 heavy (non-hydrogen) atoms. The minimum atomic E-state index is 0.567. The van der Waals surface area contributed by atoms with Crippen LogP contribution in [-0.2, 0) is 0 Å². The maximum atomic E-state index is 5.31. The van der Waals surface area contributed by atoms with Crippen molar-refractivity contribution in [2.45, 2.75) is 0 Å². The summed E-state index contributed by atoms with van der Waals surface area (Å²) in [6.45, 7) is 7.31. The van der Waals surface area contributed by atoms with Gasteiger partial charge in [-0.3, -0.25) is 4.99 Å². The second kappa shape index (κ2) is 4.12. The smallest absolute Gasteiger partial charge is 0.0585 e. The molecule has 0 aliphatic heterocycles. The first-order valence-corrected chi connectivity index (χ1v) is 2.31. The monoisotopic (exact) mass is 110 g/mol. The average Bonchev–Trinajstić information content (AvgIpc) is 1.83. The maximum absolute atomic E-state index is 5.31. The van der Waals surface area contributed by atoms with Gasteiger partial charge in [-0.1, -0.05) is 6.58 Å². The predicted octanol–water partition coefficient (Wildman–Crippen LogP) is 0.716. The molecule has 0 saturated carbocycles. The van der Waals surface area contributed by atoms with E-state index in [0.29, 0.717) is 12.2 Å². The van der Waals surface area contributed by atoms with E-state index in [4.69, 9.17) is 5.73 Å². The van der Waals surface area contributed by atoms with Crippen LogP contribution in [0.4, 0.5) is 0 Å². The topological polar surface area (TPSA) is 38.4 Å². The summed E-state index contributed by atoms with van der Waals surface area (Å²) in [6.07, 6.45) is 3.32. The molecule has 0 bridgehead atoms. The first kappa shape index (κ1) is 6.95. The standard InChI is InChI=1S/C6H10N2/c1-3-6(7)4-5-8-2/h3-4H,1-2,5,7H2/b6-4+. The zero-order valence-corrected chi connectivity index (χ0v) is 4.80. The molecule has 0 unspecified atom stereocenters. The highest BCUT2D eigenvalue weighted by Gasteiger charge is 1.74. The quantitative estimate of drug-likeness (QED) is 0.422. The van der Waals surface area contributed by atoms with Gasteiger partial charge in [0.25, 0.3) is 0 Å². The van der Waals surface area contributed by atoms with Crippen molar-refractivity contribution in [2.24, 2.45) is 10.7 Å². The van der Waals surface area contributed by atoms with E-state index in [-0.39, 0.29) is 0 Å². The van der Waals surface area contributed by atoms with E-state index in [9.17, 15) is 0 Å².